The molecule has 0 bridgehead atoms. The largest absolute Gasteiger partial charge is 0.298 e. The first-order chi connectivity index (χ1) is 6.76. The molecule has 0 aliphatic carbocycles. The van der Waals surface area contributed by atoms with Crippen LogP contribution in [0, 0.1) is 0 Å². The Bertz CT molecular complexity index is 485. The molecule has 2 aromatic rings. The van der Waals surface area contributed by atoms with E-state index in [1.807, 2.05) is 11.4 Å². The summed E-state index contributed by atoms with van der Waals surface area (Å²) in [5.41, 5.74) is 2.00. The summed E-state index contributed by atoms with van der Waals surface area (Å²) in [6, 6.07) is 4.10. The number of fused-ring (bicyclic) bond motifs is 1. The Hall–Kier alpha value is -0.800. The van der Waals surface area contributed by atoms with Gasteiger partial charge in [-0.1, -0.05) is 6.92 Å². The highest BCUT2D eigenvalue weighted by Crippen LogP contribution is 2.29. The van der Waals surface area contributed by atoms with Crippen LogP contribution < -0.4 is 0 Å². The van der Waals surface area contributed by atoms with Crippen molar-refractivity contribution in [2.45, 2.75) is 18.2 Å². The molecule has 0 saturated heterocycles. The lowest BCUT2D eigenvalue weighted by atomic mass is 10.1. The predicted molar refractivity (Wildman–Crippen MR) is 63.8 cm³/mol. The molecule has 0 fully saturated rings. The number of hydrogen-bond acceptors (Lipinski definition) is 3. The zero-order chi connectivity index (χ0) is 10.1. The first-order valence-electron chi connectivity index (χ1n) is 4.44. The molecule has 14 heavy (non-hydrogen) atoms. The molecule has 1 nitrogen and oxygen atoms in total. The highest BCUT2D eigenvalue weighted by Gasteiger charge is 2.06. The van der Waals surface area contributed by atoms with E-state index in [0.717, 1.165) is 28.6 Å². The van der Waals surface area contributed by atoms with Gasteiger partial charge < -0.3 is 0 Å². The predicted octanol–water partition coefficient (Wildman–Crippen LogP) is 3.56. The summed E-state index contributed by atoms with van der Waals surface area (Å²) in [6.45, 7) is 2.11. The maximum atomic E-state index is 10.7. The van der Waals surface area contributed by atoms with Crippen LogP contribution in [0.3, 0.4) is 0 Å². The van der Waals surface area contributed by atoms with Crippen molar-refractivity contribution in [2.75, 3.05) is 0 Å². The van der Waals surface area contributed by atoms with E-state index >= 15 is 0 Å². The fourth-order valence-corrected chi connectivity index (χ4v) is 2.80. The number of hydrogen-bond donors (Lipinski definition) is 1. The second-order valence-electron chi connectivity index (χ2n) is 3.14. The fourth-order valence-electron chi connectivity index (χ4n) is 1.50. The van der Waals surface area contributed by atoms with Gasteiger partial charge in [-0.25, -0.2) is 0 Å². The molecule has 0 atom stereocenters. The molecule has 0 amide bonds. The second kappa shape index (κ2) is 3.75. The van der Waals surface area contributed by atoms with Crippen molar-refractivity contribution in [3.05, 3.63) is 28.6 Å². The number of aldehydes is 1. The first kappa shape index (κ1) is 9.74. The Morgan fingerprint density at radius 3 is 2.93 bits per heavy atom. The normalized spacial score (nSPS) is 10.7. The average Bonchev–Trinajstić information content (AvgIpc) is 2.58. The van der Waals surface area contributed by atoms with Crippen LogP contribution >= 0.6 is 24.0 Å². The van der Waals surface area contributed by atoms with Crippen LogP contribution in [0.5, 0.6) is 0 Å². The molecule has 0 spiro atoms. The van der Waals surface area contributed by atoms with Crippen molar-refractivity contribution in [1.82, 2.24) is 0 Å². The van der Waals surface area contributed by atoms with Crippen molar-refractivity contribution in [1.29, 1.82) is 0 Å². The molecule has 0 radical (unpaired) electrons. The quantitative estimate of drug-likeness (QED) is 0.607. The average molecular weight is 222 g/mol. The summed E-state index contributed by atoms with van der Waals surface area (Å²) in [5, 5.41) is 2.91. The molecule has 0 saturated carbocycles. The Morgan fingerprint density at radius 2 is 2.29 bits per heavy atom. The SMILES string of the molecule is CCc1cc2scc(C=O)c2cc1S. The van der Waals surface area contributed by atoms with Gasteiger partial charge in [-0.2, -0.15) is 0 Å². The molecular formula is C11H10OS2. The minimum Gasteiger partial charge on any atom is -0.298 e. The van der Waals surface area contributed by atoms with Gasteiger partial charge in [0, 0.05) is 25.9 Å². The summed E-state index contributed by atoms with van der Waals surface area (Å²) in [7, 11) is 0. The molecule has 1 heterocycles. The Balaban J connectivity index is 2.75. The van der Waals surface area contributed by atoms with Crippen molar-refractivity contribution in [3.63, 3.8) is 0 Å². The maximum absolute atomic E-state index is 10.7. The summed E-state index contributed by atoms with van der Waals surface area (Å²) < 4.78 is 1.17. The Morgan fingerprint density at radius 1 is 1.50 bits per heavy atom. The van der Waals surface area contributed by atoms with Crippen molar-refractivity contribution >= 4 is 40.3 Å². The number of benzene rings is 1. The van der Waals surface area contributed by atoms with Gasteiger partial charge in [0.2, 0.25) is 0 Å². The molecule has 0 unspecified atom stereocenters. The van der Waals surface area contributed by atoms with Gasteiger partial charge in [-0.15, -0.1) is 24.0 Å². The number of thiophene rings is 1. The number of thiol groups is 1. The number of aryl methyl sites for hydroxylation is 1. The van der Waals surface area contributed by atoms with E-state index in [-0.39, 0.29) is 0 Å². The Kier molecular flexibility index (Phi) is 2.61. The number of rotatable bonds is 2. The topological polar surface area (TPSA) is 17.1 Å². The van der Waals surface area contributed by atoms with Crippen LogP contribution in [0.1, 0.15) is 22.8 Å². The van der Waals surface area contributed by atoms with Gasteiger partial charge in [-0.05, 0) is 24.1 Å². The van der Waals surface area contributed by atoms with Gasteiger partial charge in [0.25, 0.3) is 0 Å². The van der Waals surface area contributed by atoms with Crippen molar-refractivity contribution in [3.8, 4) is 0 Å². The molecule has 3 heteroatoms. The second-order valence-corrected chi connectivity index (χ2v) is 4.53. The first-order valence-corrected chi connectivity index (χ1v) is 5.77. The fraction of sp³-hybridized carbons (Fsp3) is 0.182. The van der Waals surface area contributed by atoms with Gasteiger partial charge in [0.15, 0.2) is 6.29 Å². The minimum absolute atomic E-state index is 0.767. The minimum atomic E-state index is 0.767. The third-order valence-electron chi connectivity index (χ3n) is 2.31. The van der Waals surface area contributed by atoms with E-state index in [0.29, 0.717) is 0 Å². The van der Waals surface area contributed by atoms with Crippen LogP contribution in [-0.2, 0) is 6.42 Å². The van der Waals surface area contributed by atoms with Gasteiger partial charge in [-0.3, -0.25) is 4.79 Å². The number of carbonyl (C=O) groups is 1. The van der Waals surface area contributed by atoms with E-state index in [1.54, 1.807) is 11.3 Å². The molecule has 0 aliphatic rings. The van der Waals surface area contributed by atoms with Crippen LogP contribution in [0.15, 0.2) is 22.4 Å². The summed E-state index contributed by atoms with van der Waals surface area (Å²) >= 11 is 6.02. The lowest BCUT2D eigenvalue weighted by molar-refractivity contribution is 0.112. The lowest BCUT2D eigenvalue weighted by Gasteiger charge is -2.01. The van der Waals surface area contributed by atoms with Crippen molar-refractivity contribution < 1.29 is 4.79 Å². The summed E-state index contributed by atoms with van der Waals surface area (Å²) in [5.74, 6) is 0. The van der Waals surface area contributed by atoms with E-state index in [2.05, 4.69) is 25.6 Å². The number of carbonyl (C=O) groups excluding carboxylic acids is 1. The molecule has 1 aromatic heterocycles. The Labute approximate surface area is 92.2 Å². The zero-order valence-electron chi connectivity index (χ0n) is 7.78. The van der Waals surface area contributed by atoms with Crippen LogP contribution in [0.4, 0.5) is 0 Å². The molecule has 72 valence electrons. The van der Waals surface area contributed by atoms with E-state index < -0.39 is 0 Å². The standard InChI is InChI=1S/C11H10OS2/c1-2-7-3-11-9(4-10(7)13)8(5-12)6-14-11/h3-6,13H,2H2,1H3. The van der Waals surface area contributed by atoms with Gasteiger partial charge in [0.1, 0.15) is 0 Å². The molecular weight excluding hydrogens is 212 g/mol. The summed E-state index contributed by atoms with van der Waals surface area (Å²) in [6.07, 6.45) is 1.88. The maximum Gasteiger partial charge on any atom is 0.151 e. The zero-order valence-corrected chi connectivity index (χ0v) is 9.49. The van der Waals surface area contributed by atoms with E-state index in [1.165, 1.54) is 10.3 Å². The van der Waals surface area contributed by atoms with Gasteiger partial charge in [0.05, 0.1) is 0 Å². The van der Waals surface area contributed by atoms with Crippen molar-refractivity contribution in [2.24, 2.45) is 0 Å². The highest BCUT2D eigenvalue weighted by atomic mass is 32.1. The monoisotopic (exact) mass is 222 g/mol. The third kappa shape index (κ3) is 1.47. The van der Waals surface area contributed by atoms with E-state index in [4.69, 9.17) is 0 Å². The molecule has 1 aromatic carbocycles. The van der Waals surface area contributed by atoms with Crippen LogP contribution in [0.2, 0.25) is 0 Å². The highest BCUT2D eigenvalue weighted by molar-refractivity contribution is 7.80. The molecule has 0 N–H and O–H groups in total. The molecule has 0 aliphatic heterocycles. The third-order valence-corrected chi connectivity index (χ3v) is 3.69. The lowest BCUT2D eigenvalue weighted by Crippen LogP contribution is -1.83. The smallest absolute Gasteiger partial charge is 0.151 e. The van der Waals surface area contributed by atoms with E-state index in [9.17, 15) is 4.79 Å². The van der Waals surface area contributed by atoms with Gasteiger partial charge >= 0.3 is 0 Å². The summed E-state index contributed by atoms with van der Waals surface area (Å²) in [4.78, 5) is 11.7. The van der Waals surface area contributed by atoms with Crippen LogP contribution in [-0.4, -0.2) is 6.29 Å². The molecule has 2 rings (SSSR count). The van der Waals surface area contributed by atoms with Crippen LogP contribution in [0.25, 0.3) is 10.1 Å².